The first-order valence-corrected chi connectivity index (χ1v) is 6.02. The van der Waals surface area contributed by atoms with Crippen LogP contribution >= 0.6 is 7.82 Å². The van der Waals surface area contributed by atoms with Gasteiger partial charge in [0.15, 0.2) is 6.73 Å². The lowest BCUT2D eigenvalue weighted by Crippen LogP contribution is -2.05. The minimum atomic E-state index is -3.45. The Morgan fingerprint density at radius 3 is 2.40 bits per heavy atom. The van der Waals surface area contributed by atoms with E-state index < -0.39 is 7.82 Å². The molecule has 0 bridgehead atoms. The Labute approximate surface area is 88.0 Å². The molecule has 0 unspecified atom stereocenters. The van der Waals surface area contributed by atoms with E-state index in [0.29, 0.717) is 0 Å². The Balaban J connectivity index is 2.48. The number of phosphoric acid groups is 1. The fourth-order valence-corrected chi connectivity index (χ4v) is 1.97. The van der Waals surface area contributed by atoms with Crippen LogP contribution in [0.1, 0.15) is 13.8 Å². The molecule has 0 amide bonds. The number of hydrogen-bond donors (Lipinski definition) is 0. The van der Waals surface area contributed by atoms with E-state index in [2.05, 4.69) is 10.1 Å². The topological polar surface area (TPSA) is 75.5 Å². The standard InChI is InChI=1S/C7H14N3O4P/c1-3-12-15(11,13-4-2)14-7-10-6-8-5-9-10/h5-6H,3-4,7H2,1-2H3. The smallest absolute Gasteiger partial charge is 0.287 e. The monoisotopic (exact) mass is 235 g/mol. The van der Waals surface area contributed by atoms with E-state index in [4.69, 9.17) is 13.6 Å². The average Bonchev–Trinajstić information content (AvgIpc) is 2.68. The third-order valence-electron chi connectivity index (χ3n) is 1.39. The first kappa shape index (κ1) is 12.3. The van der Waals surface area contributed by atoms with Crippen LogP contribution in [0.4, 0.5) is 0 Å². The van der Waals surface area contributed by atoms with Gasteiger partial charge in [-0.25, -0.2) is 14.2 Å². The van der Waals surface area contributed by atoms with Gasteiger partial charge in [-0.05, 0) is 13.8 Å². The number of phosphoric ester groups is 1. The average molecular weight is 235 g/mol. The summed E-state index contributed by atoms with van der Waals surface area (Å²) in [7, 11) is -3.45. The molecular weight excluding hydrogens is 221 g/mol. The molecule has 0 saturated heterocycles. The summed E-state index contributed by atoms with van der Waals surface area (Å²) in [5.74, 6) is 0. The Kier molecular flexibility index (Phi) is 4.90. The maximum atomic E-state index is 11.8. The van der Waals surface area contributed by atoms with Crippen molar-refractivity contribution >= 4 is 7.82 Å². The van der Waals surface area contributed by atoms with E-state index >= 15 is 0 Å². The normalized spacial score (nSPS) is 11.9. The number of aromatic nitrogens is 3. The first-order valence-electron chi connectivity index (χ1n) is 4.56. The second kappa shape index (κ2) is 5.97. The highest BCUT2D eigenvalue weighted by molar-refractivity contribution is 7.48. The van der Waals surface area contributed by atoms with Crippen LogP contribution in [0.5, 0.6) is 0 Å². The fourth-order valence-electron chi connectivity index (χ4n) is 0.857. The molecule has 0 N–H and O–H groups in total. The summed E-state index contributed by atoms with van der Waals surface area (Å²) in [5, 5.41) is 3.79. The predicted octanol–water partition coefficient (Wildman–Crippen LogP) is 1.43. The number of nitrogens with zero attached hydrogens (tertiary/aromatic N) is 3. The van der Waals surface area contributed by atoms with Gasteiger partial charge in [0, 0.05) is 0 Å². The molecule has 86 valence electrons. The SMILES string of the molecule is CCOP(=O)(OCC)OCn1cncn1. The van der Waals surface area contributed by atoms with Crippen LogP contribution in [0.2, 0.25) is 0 Å². The molecule has 1 aromatic heterocycles. The summed E-state index contributed by atoms with van der Waals surface area (Å²) in [6.45, 7) is 3.93. The summed E-state index contributed by atoms with van der Waals surface area (Å²) in [6, 6.07) is 0. The van der Waals surface area contributed by atoms with Gasteiger partial charge >= 0.3 is 7.82 Å². The van der Waals surface area contributed by atoms with E-state index in [1.54, 1.807) is 13.8 Å². The van der Waals surface area contributed by atoms with Crippen molar-refractivity contribution < 1.29 is 18.1 Å². The highest BCUT2D eigenvalue weighted by Gasteiger charge is 2.25. The van der Waals surface area contributed by atoms with Crippen molar-refractivity contribution in [3.8, 4) is 0 Å². The third kappa shape index (κ3) is 4.09. The predicted molar refractivity (Wildman–Crippen MR) is 52.0 cm³/mol. The van der Waals surface area contributed by atoms with Crippen molar-refractivity contribution in [2.45, 2.75) is 20.6 Å². The minimum Gasteiger partial charge on any atom is -0.287 e. The highest BCUT2D eigenvalue weighted by Crippen LogP contribution is 2.49. The molecular formula is C7H14N3O4P. The van der Waals surface area contributed by atoms with Crippen LogP contribution in [-0.2, 0) is 24.9 Å². The van der Waals surface area contributed by atoms with Crippen LogP contribution in [0, 0.1) is 0 Å². The summed E-state index contributed by atoms with van der Waals surface area (Å²) in [6.07, 6.45) is 2.80. The number of rotatable bonds is 7. The minimum absolute atomic E-state index is 0.0166. The second-order valence-electron chi connectivity index (χ2n) is 2.48. The van der Waals surface area contributed by atoms with Gasteiger partial charge in [0.2, 0.25) is 0 Å². The fraction of sp³-hybridized carbons (Fsp3) is 0.714. The Bertz CT molecular complexity index is 306. The molecule has 1 aromatic rings. The second-order valence-corrected chi connectivity index (χ2v) is 4.14. The summed E-state index contributed by atoms with van der Waals surface area (Å²) >= 11 is 0. The van der Waals surface area contributed by atoms with Crippen molar-refractivity contribution in [1.29, 1.82) is 0 Å². The highest BCUT2D eigenvalue weighted by atomic mass is 31.2. The van der Waals surface area contributed by atoms with E-state index in [9.17, 15) is 4.57 Å². The van der Waals surface area contributed by atoms with Gasteiger partial charge in [0.05, 0.1) is 13.2 Å². The van der Waals surface area contributed by atoms with Crippen LogP contribution in [0.25, 0.3) is 0 Å². The van der Waals surface area contributed by atoms with Gasteiger partial charge in [-0.2, -0.15) is 5.10 Å². The molecule has 0 saturated carbocycles. The van der Waals surface area contributed by atoms with Gasteiger partial charge in [0.1, 0.15) is 12.7 Å². The Hall–Kier alpha value is -0.750. The zero-order valence-corrected chi connectivity index (χ0v) is 9.59. The lowest BCUT2D eigenvalue weighted by Gasteiger charge is -2.15. The molecule has 0 radical (unpaired) electrons. The number of hydrogen-bond acceptors (Lipinski definition) is 6. The quantitative estimate of drug-likeness (QED) is 0.665. The van der Waals surface area contributed by atoms with Crippen LogP contribution in [0.3, 0.4) is 0 Å². The molecule has 0 fully saturated rings. The summed E-state index contributed by atoms with van der Waals surface area (Å²) in [5.41, 5.74) is 0. The van der Waals surface area contributed by atoms with Crippen LogP contribution in [0.15, 0.2) is 12.7 Å². The van der Waals surface area contributed by atoms with E-state index in [0.717, 1.165) is 0 Å². The van der Waals surface area contributed by atoms with Crippen molar-refractivity contribution in [2.75, 3.05) is 13.2 Å². The van der Waals surface area contributed by atoms with Crippen molar-refractivity contribution in [3.05, 3.63) is 12.7 Å². The zero-order chi connectivity index (χ0) is 11.1. The molecule has 0 aliphatic carbocycles. The van der Waals surface area contributed by atoms with Gasteiger partial charge in [-0.15, -0.1) is 0 Å². The van der Waals surface area contributed by atoms with Gasteiger partial charge in [-0.3, -0.25) is 13.6 Å². The summed E-state index contributed by atoms with van der Waals surface area (Å²) < 4.78 is 28.0. The van der Waals surface area contributed by atoms with Gasteiger partial charge in [-0.1, -0.05) is 0 Å². The Morgan fingerprint density at radius 2 is 1.93 bits per heavy atom. The molecule has 7 nitrogen and oxygen atoms in total. The molecule has 1 heterocycles. The lowest BCUT2D eigenvalue weighted by atomic mass is 10.9. The van der Waals surface area contributed by atoms with Crippen LogP contribution < -0.4 is 0 Å². The first-order chi connectivity index (χ1) is 7.20. The van der Waals surface area contributed by atoms with Gasteiger partial charge < -0.3 is 0 Å². The molecule has 0 aliphatic heterocycles. The molecule has 1 rings (SSSR count). The van der Waals surface area contributed by atoms with Crippen molar-refractivity contribution in [3.63, 3.8) is 0 Å². The van der Waals surface area contributed by atoms with Crippen molar-refractivity contribution in [2.24, 2.45) is 0 Å². The molecule has 0 aromatic carbocycles. The molecule has 15 heavy (non-hydrogen) atoms. The molecule has 8 heteroatoms. The maximum Gasteiger partial charge on any atom is 0.476 e. The van der Waals surface area contributed by atoms with Gasteiger partial charge in [0.25, 0.3) is 0 Å². The van der Waals surface area contributed by atoms with E-state index in [1.165, 1.54) is 17.3 Å². The molecule has 0 spiro atoms. The zero-order valence-electron chi connectivity index (χ0n) is 8.70. The lowest BCUT2D eigenvalue weighted by molar-refractivity contribution is 0.0917. The molecule has 0 atom stereocenters. The van der Waals surface area contributed by atoms with Crippen molar-refractivity contribution in [1.82, 2.24) is 14.8 Å². The van der Waals surface area contributed by atoms with Crippen LogP contribution in [-0.4, -0.2) is 28.0 Å². The third-order valence-corrected chi connectivity index (χ3v) is 2.97. The summed E-state index contributed by atoms with van der Waals surface area (Å²) in [4.78, 5) is 3.72. The Morgan fingerprint density at radius 1 is 1.27 bits per heavy atom. The van der Waals surface area contributed by atoms with E-state index in [1.807, 2.05) is 0 Å². The van der Waals surface area contributed by atoms with E-state index in [-0.39, 0.29) is 19.9 Å². The molecule has 0 aliphatic rings. The maximum absolute atomic E-state index is 11.8. The largest absolute Gasteiger partial charge is 0.476 e.